The van der Waals surface area contributed by atoms with Gasteiger partial charge in [-0.25, -0.2) is 0 Å². The van der Waals surface area contributed by atoms with E-state index in [9.17, 15) is 4.79 Å². The molecule has 1 aliphatic heterocycles. The van der Waals surface area contributed by atoms with E-state index in [-0.39, 0.29) is 24.1 Å². The van der Waals surface area contributed by atoms with Crippen LogP contribution in [0, 0.1) is 17.8 Å². The van der Waals surface area contributed by atoms with Gasteiger partial charge in [0.05, 0.1) is 24.7 Å². The summed E-state index contributed by atoms with van der Waals surface area (Å²) in [5, 5.41) is 0. The predicted octanol–water partition coefficient (Wildman–Crippen LogP) is 1.73. The largest absolute Gasteiger partial charge is 0.466 e. The molecule has 0 aromatic carbocycles. The summed E-state index contributed by atoms with van der Waals surface area (Å²) in [5.74, 6) is 0.257. The minimum absolute atomic E-state index is 0.0266. The quantitative estimate of drug-likeness (QED) is 0.689. The summed E-state index contributed by atoms with van der Waals surface area (Å²) in [4.78, 5) is 11.9. The number of hydrogen-bond acceptors (Lipinski definition) is 4. The molecule has 0 spiro atoms. The van der Waals surface area contributed by atoms with E-state index in [1.54, 1.807) is 0 Å². The number of fused-ring (bicyclic) bond motifs is 5. The molecule has 3 fully saturated rings. The number of ether oxygens (including phenoxy) is 3. The van der Waals surface area contributed by atoms with Gasteiger partial charge in [-0.05, 0) is 39.5 Å². The van der Waals surface area contributed by atoms with E-state index in [4.69, 9.17) is 14.2 Å². The Morgan fingerprint density at radius 1 is 1.29 bits per heavy atom. The average molecular weight is 240 g/mol. The first-order chi connectivity index (χ1) is 8.02. The molecule has 0 amide bonds. The number of carbonyl (C=O) groups excluding carboxylic acids is 1. The van der Waals surface area contributed by atoms with Crippen molar-refractivity contribution in [2.45, 2.75) is 51.6 Å². The molecular formula is C13H20O4. The van der Waals surface area contributed by atoms with Crippen molar-refractivity contribution in [2.75, 3.05) is 6.61 Å². The summed E-state index contributed by atoms with van der Waals surface area (Å²) >= 11 is 0. The number of rotatable bonds is 2. The molecule has 0 aromatic rings. The summed E-state index contributed by atoms with van der Waals surface area (Å²) in [6.45, 7) is 6.21. The third-order valence-electron chi connectivity index (χ3n) is 4.29. The van der Waals surface area contributed by atoms with Crippen LogP contribution >= 0.6 is 0 Å². The summed E-state index contributed by atoms with van der Waals surface area (Å²) in [5.41, 5.74) is 0. The number of carbonyl (C=O) groups is 1. The molecule has 2 aliphatic carbocycles. The van der Waals surface area contributed by atoms with Gasteiger partial charge in [0.2, 0.25) is 0 Å². The zero-order valence-electron chi connectivity index (χ0n) is 10.6. The second kappa shape index (κ2) is 3.69. The molecule has 0 N–H and O–H groups in total. The van der Waals surface area contributed by atoms with Crippen LogP contribution in [0.2, 0.25) is 0 Å². The van der Waals surface area contributed by atoms with E-state index in [2.05, 4.69) is 0 Å². The van der Waals surface area contributed by atoms with Gasteiger partial charge >= 0.3 is 5.97 Å². The Morgan fingerprint density at radius 3 is 2.71 bits per heavy atom. The summed E-state index contributed by atoms with van der Waals surface area (Å²) < 4.78 is 17.0. The van der Waals surface area contributed by atoms with Crippen molar-refractivity contribution in [3.63, 3.8) is 0 Å². The lowest BCUT2D eigenvalue weighted by Gasteiger charge is -2.27. The molecule has 96 valence electrons. The third kappa shape index (κ3) is 1.69. The van der Waals surface area contributed by atoms with Crippen LogP contribution in [0.15, 0.2) is 0 Å². The molecule has 0 radical (unpaired) electrons. The monoisotopic (exact) mass is 240 g/mol. The van der Waals surface area contributed by atoms with Gasteiger partial charge in [0.1, 0.15) is 0 Å². The van der Waals surface area contributed by atoms with Crippen molar-refractivity contribution in [1.82, 2.24) is 0 Å². The Balaban J connectivity index is 1.74. The first-order valence-corrected chi connectivity index (χ1v) is 6.54. The van der Waals surface area contributed by atoms with E-state index in [1.165, 1.54) is 0 Å². The molecule has 1 heterocycles. The van der Waals surface area contributed by atoms with E-state index in [1.807, 2.05) is 20.8 Å². The molecule has 17 heavy (non-hydrogen) atoms. The van der Waals surface area contributed by atoms with E-state index < -0.39 is 5.79 Å². The summed E-state index contributed by atoms with van der Waals surface area (Å²) in [6, 6.07) is 0. The maximum absolute atomic E-state index is 11.9. The van der Waals surface area contributed by atoms with Crippen LogP contribution in [-0.2, 0) is 19.0 Å². The fourth-order valence-electron chi connectivity index (χ4n) is 3.78. The third-order valence-corrected chi connectivity index (χ3v) is 4.29. The fourth-order valence-corrected chi connectivity index (χ4v) is 3.78. The van der Waals surface area contributed by atoms with Crippen LogP contribution in [0.3, 0.4) is 0 Å². The summed E-state index contributed by atoms with van der Waals surface area (Å²) in [6.07, 6.45) is 2.25. The molecule has 2 saturated carbocycles. The van der Waals surface area contributed by atoms with Crippen molar-refractivity contribution in [1.29, 1.82) is 0 Å². The van der Waals surface area contributed by atoms with E-state index >= 15 is 0 Å². The SMILES string of the molecule is CCOC(=O)C1CC2CC1C1OC(C)(C)OC21. The van der Waals surface area contributed by atoms with Gasteiger partial charge in [0.25, 0.3) is 0 Å². The zero-order chi connectivity index (χ0) is 12.2. The van der Waals surface area contributed by atoms with E-state index in [0.717, 1.165) is 12.8 Å². The average Bonchev–Trinajstić information content (AvgIpc) is 2.85. The molecule has 5 atom stereocenters. The van der Waals surface area contributed by atoms with Crippen LogP contribution in [0.1, 0.15) is 33.6 Å². The molecule has 2 bridgehead atoms. The zero-order valence-corrected chi connectivity index (χ0v) is 10.6. The number of hydrogen-bond donors (Lipinski definition) is 0. The van der Waals surface area contributed by atoms with E-state index in [0.29, 0.717) is 18.4 Å². The molecular weight excluding hydrogens is 220 g/mol. The second-order valence-electron chi connectivity index (χ2n) is 5.82. The molecule has 5 unspecified atom stereocenters. The molecule has 0 aromatic heterocycles. The molecule has 1 saturated heterocycles. The van der Waals surface area contributed by atoms with Crippen molar-refractivity contribution in [3.05, 3.63) is 0 Å². The van der Waals surface area contributed by atoms with Gasteiger partial charge in [0, 0.05) is 5.92 Å². The Hall–Kier alpha value is -0.610. The minimum Gasteiger partial charge on any atom is -0.466 e. The van der Waals surface area contributed by atoms with Gasteiger partial charge in [-0.1, -0.05) is 0 Å². The maximum atomic E-state index is 11.9. The van der Waals surface area contributed by atoms with Gasteiger partial charge in [-0.2, -0.15) is 0 Å². The van der Waals surface area contributed by atoms with Crippen LogP contribution in [0.4, 0.5) is 0 Å². The van der Waals surface area contributed by atoms with Crippen LogP contribution in [-0.4, -0.2) is 30.6 Å². The number of esters is 1. The topological polar surface area (TPSA) is 44.8 Å². The lowest BCUT2D eigenvalue weighted by molar-refractivity contribution is -0.161. The van der Waals surface area contributed by atoms with Gasteiger partial charge in [-0.3, -0.25) is 4.79 Å². The van der Waals surface area contributed by atoms with Gasteiger partial charge < -0.3 is 14.2 Å². The van der Waals surface area contributed by atoms with Gasteiger partial charge in [0.15, 0.2) is 5.79 Å². The highest BCUT2D eigenvalue weighted by atomic mass is 16.8. The lowest BCUT2D eigenvalue weighted by Crippen LogP contribution is -2.38. The molecule has 3 rings (SSSR count). The molecule has 3 aliphatic rings. The highest BCUT2D eigenvalue weighted by Gasteiger charge is 2.61. The Bertz CT molecular complexity index is 338. The molecule has 4 heteroatoms. The fraction of sp³-hybridized carbons (Fsp3) is 0.923. The van der Waals surface area contributed by atoms with Crippen LogP contribution in [0.5, 0.6) is 0 Å². The smallest absolute Gasteiger partial charge is 0.309 e. The normalized spacial score (nSPS) is 45.9. The standard InChI is InChI=1S/C13H20O4/c1-4-15-12(14)9-6-7-5-8(9)11-10(7)16-13(2,3)17-11/h7-11H,4-6H2,1-3H3. The van der Waals surface area contributed by atoms with Crippen LogP contribution < -0.4 is 0 Å². The Labute approximate surface area is 102 Å². The van der Waals surface area contributed by atoms with Gasteiger partial charge in [-0.15, -0.1) is 0 Å². The first-order valence-electron chi connectivity index (χ1n) is 6.54. The summed E-state index contributed by atoms with van der Waals surface area (Å²) in [7, 11) is 0. The Morgan fingerprint density at radius 2 is 2.00 bits per heavy atom. The lowest BCUT2D eigenvalue weighted by atomic mass is 9.85. The van der Waals surface area contributed by atoms with Crippen molar-refractivity contribution in [3.8, 4) is 0 Å². The Kier molecular flexibility index (Phi) is 2.49. The van der Waals surface area contributed by atoms with Crippen LogP contribution in [0.25, 0.3) is 0 Å². The minimum atomic E-state index is -0.490. The second-order valence-corrected chi connectivity index (χ2v) is 5.82. The van der Waals surface area contributed by atoms with Crippen molar-refractivity contribution in [2.24, 2.45) is 17.8 Å². The predicted molar refractivity (Wildman–Crippen MR) is 60.2 cm³/mol. The highest BCUT2D eigenvalue weighted by Crippen LogP contribution is 2.55. The first kappa shape index (κ1) is 11.5. The maximum Gasteiger partial charge on any atom is 0.309 e. The molecule has 4 nitrogen and oxygen atoms in total. The highest BCUT2D eigenvalue weighted by molar-refractivity contribution is 5.73. The van der Waals surface area contributed by atoms with Crippen molar-refractivity contribution >= 4 is 5.97 Å². The van der Waals surface area contributed by atoms with Crippen molar-refractivity contribution < 1.29 is 19.0 Å².